The molecule has 7 N–H and O–H groups in total. The molecule has 0 radical (unpaired) electrons. The number of aromatic hydroxyl groups is 1. The van der Waals surface area contributed by atoms with E-state index in [1.807, 2.05) is 24.3 Å². The number of allylic oxidation sites excluding steroid dienone is 2. The number of rotatable bonds is 5. The molecule has 0 saturated heterocycles. The number of nitrogens with one attached hydrogen (secondary N) is 1. The first-order chi connectivity index (χ1) is 20.3. The molecule has 3 aliphatic carbocycles. The van der Waals surface area contributed by atoms with Crippen LogP contribution in [0.5, 0.6) is 5.75 Å². The number of phenols is 1. The monoisotopic (exact) mass is 582 g/mol. The van der Waals surface area contributed by atoms with Crippen molar-refractivity contribution in [3.8, 4) is 16.9 Å². The molecule has 0 spiro atoms. The number of carbonyl (C=O) groups excluding carboxylic acids is 3. The molecule has 6 rings (SSSR count). The van der Waals surface area contributed by atoms with Gasteiger partial charge in [-0.05, 0) is 51.9 Å². The summed E-state index contributed by atoms with van der Waals surface area (Å²) < 4.78 is 0. The number of Topliss-reactive ketones (excluding diaryl/α,β-unsaturated/α-hetero) is 2. The van der Waals surface area contributed by atoms with Gasteiger partial charge in [0.05, 0.1) is 5.56 Å². The van der Waals surface area contributed by atoms with Gasteiger partial charge in [-0.15, -0.1) is 0 Å². The van der Waals surface area contributed by atoms with Crippen LogP contribution in [0.4, 0.5) is 0 Å². The lowest BCUT2D eigenvalue weighted by Crippen LogP contribution is -2.59. The van der Waals surface area contributed by atoms with E-state index in [9.17, 15) is 34.8 Å². The molecule has 3 atom stereocenters. The molecule has 43 heavy (non-hydrogen) atoms. The zero-order valence-corrected chi connectivity index (χ0v) is 24.2. The van der Waals surface area contributed by atoms with Gasteiger partial charge in [-0.2, -0.15) is 0 Å². The van der Waals surface area contributed by atoms with Crippen LogP contribution in [0.2, 0.25) is 0 Å². The number of hydrogen-bond acceptors (Lipinski definition) is 8. The van der Waals surface area contributed by atoms with E-state index in [2.05, 4.69) is 31.3 Å². The van der Waals surface area contributed by atoms with Gasteiger partial charge in [-0.1, -0.05) is 63.2 Å². The van der Waals surface area contributed by atoms with Crippen molar-refractivity contribution >= 4 is 28.2 Å². The van der Waals surface area contributed by atoms with Crippen molar-refractivity contribution in [3.63, 3.8) is 0 Å². The fraction of sp³-hybridized carbons (Fsp3) is 0.324. The summed E-state index contributed by atoms with van der Waals surface area (Å²) in [5, 5.41) is 50.0. The Morgan fingerprint density at radius 1 is 1.02 bits per heavy atom. The van der Waals surface area contributed by atoms with E-state index < -0.39 is 51.5 Å². The number of ketones is 2. The van der Waals surface area contributed by atoms with E-state index in [4.69, 9.17) is 5.73 Å². The molecule has 1 amide bonds. The van der Waals surface area contributed by atoms with Crippen LogP contribution in [0, 0.1) is 11.3 Å². The normalized spacial score (nSPS) is 25.2. The Bertz CT molecular complexity index is 1820. The summed E-state index contributed by atoms with van der Waals surface area (Å²) in [5.74, 6) is -5.89. The van der Waals surface area contributed by atoms with Crippen LogP contribution in [-0.2, 0) is 22.6 Å². The van der Waals surface area contributed by atoms with E-state index in [1.165, 1.54) is 6.07 Å². The first-order valence-corrected chi connectivity index (χ1v) is 14.4. The highest BCUT2D eigenvalue weighted by Gasteiger charge is 2.62. The molecule has 0 bridgehead atoms. The molecule has 3 aromatic carbocycles. The average Bonchev–Trinajstić information content (AvgIpc) is 2.93. The van der Waals surface area contributed by atoms with Crippen LogP contribution in [0.25, 0.3) is 21.9 Å². The van der Waals surface area contributed by atoms with Gasteiger partial charge in [0.1, 0.15) is 22.8 Å². The van der Waals surface area contributed by atoms with E-state index in [1.54, 1.807) is 13.0 Å². The third-order valence-electron chi connectivity index (χ3n) is 9.35. The van der Waals surface area contributed by atoms with Crippen molar-refractivity contribution in [1.29, 1.82) is 0 Å². The van der Waals surface area contributed by atoms with Crippen LogP contribution in [0.15, 0.2) is 71.2 Å². The summed E-state index contributed by atoms with van der Waals surface area (Å²) in [7, 11) is 0. The van der Waals surface area contributed by atoms with Gasteiger partial charge in [0.15, 0.2) is 11.4 Å². The molecule has 222 valence electrons. The second-order valence-corrected chi connectivity index (χ2v) is 12.5. The number of fused-ring (bicyclic) bond motifs is 4. The number of carbonyl (C=O) groups is 3. The molecule has 0 aliphatic heterocycles. The molecular weight excluding hydrogens is 548 g/mol. The summed E-state index contributed by atoms with van der Waals surface area (Å²) in [5.41, 5.74) is 3.98. The maximum atomic E-state index is 14.2. The summed E-state index contributed by atoms with van der Waals surface area (Å²) in [6.07, 6.45) is -0.0282. The minimum atomic E-state index is -2.61. The number of aliphatic hydroxyl groups is 3. The highest BCUT2D eigenvalue weighted by Crippen LogP contribution is 2.57. The van der Waals surface area contributed by atoms with Crippen molar-refractivity contribution in [2.24, 2.45) is 17.1 Å². The number of benzene rings is 3. The molecule has 0 unspecified atom stereocenters. The Kier molecular flexibility index (Phi) is 6.52. The number of nitrogens with two attached hydrogens (primary N) is 1. The predicted octanol–water partition coefficient (Wildman–Crippen LogP) is 4.29. The smallest absolute Gasteiger partial charge is 0.255 e. The largest absolute Gasteiger partial charge is 0.511 e. The minimum Gasteiger partial charge on any atom is -0.511 e. The highest BCUT2D eigenvalue weighted by atomic mass is 16.3. The third kappa shape index (κ3) is 4.10. The van der Waals surface area contributed by atoms with Crippen LogP contribution in [-0.4, -0.2) is 49.5 Å². The number of hydrogen-bond donors (Lipinski definition) is 6. The molecule has 3 aliphatic rings. The third-order valence-corrected chi connectivity index (χ3v) is 9.35. The number of phenolic OH excluding ortho intramolecular Hbond substituents is 1. The molecule has 9 heteroatoms. The Morgan fingerprint density at radius 3 is 2.37 bits per heavy atom. The fourth-order valence-electron chi connectivity index (χ4n) is 7.33. The van der Waals surface area contributed by atoms with Crippen molar-refractivity contribution in [2.75, 3.05) is 0 Å². The summed E-state index contributed by atoms with van der Waals surface area (Å²) in [6, 6.07) is 15.6. The number of primary amides is 1. The van der Waals surface area contributed by atoms with Crippen molar-refractivity contribution in [1.82, 2.24) is 5.32 Å². The molecule has 3 aromatic rings. The van der Waals surface area contributed by atoms with Gasteiger partial charge in [-0.25, -0.2) is 0 Å². The maximum Gasteiger partial charge on any atom is 0.255 e. The zero-order valence-electron chi connectivity index (χ0n) is 24.2. The standard InChI is InChI=1S/C34H34N2O7/c1-16(2)36-15-17-8-9-21(20-7-5-4-6-19(17)20)22-10-11-24(37)26-23(22)14-33(3)13-18-12-25(38)27(32(35)42)30(40)34(18,43)31(41)28(33)29(26)39/h4-11,16,18,36-38,41,43H,12-15H2,1-3H3,(H2,35,42)/t18-,33-,34-/m1/s1. The van der Waals surface area contributed by atoms with Gasteiger partial charge in [-0.3, -0.25) is 14.4 Å². The Balaban J connectivity index is 1.53. The van der Waals surface area contributed by atoms with Crippen molar-refractivity contribution < 1.29 is 34.8 Å². The van der Waals surface area contributed by atoms with Crippen molar-refractivity contribution in [2.45, 2.75) is 58.2 Å². The van der Waals surface area contributed by atoms with Crippen LogP contribution < -0.4 is 11.1 Å². The Hall–Kier alpha value is -4.47. The van der Waals surface area contributed by atoms with Gasteiger partial charge in [0, 0.05) is 35.9 Å². The first-order valence-electron chi connectivity index (χ1n) is 14.4. The van der Waals surface area contributed by atoms with Crippen LogP contribution in [0.1, 0.15) is 55.1 Å². The summed E-state index contributed by atoms with van der Waals surface area (Å²) >= 11 is 0. The lowest BCUT2D eigenvalue weighted by atomic mass is 9.54. The predicted molar refractivity (Wildman–Crippen MR) is 160 cm³/mol. The first kappa shape index (κ1) is 28.6. The number of aliphatic hydroxyl groups excluding tert-OH is 2. The van der Waals surface area contributed by atoms with Crippen LogP contribution >= 0.6 is 0 Å². The lowest BCUT2D eigenvalue weighted by Gasteiger charge is -2.50. The maximum absolute atomic E-state index is 14.2. The van der Waals surface area contributed by atoms with Gasteiger partial charge in [0.2, 0.25) is 5.78 Å². The van der Waals surface area contributed by atoms with E-state index >= 15 is 0 Å². The molecule has 0 fully saturated rings. The molecule has 0 saturated carbocycles. The second kappa shape index (κ2) is 9.79. The van der Waals surface area contributed by atoms with E-state index in [-0.39, 0.29) is 36.1 Å². The Morgan fingerprint density at radius 2 is 1.70 bits per heavy atom. The highest BCUT2D eigenvalue weighted by molar-refractivity contribution is 6.24. The van der Waals surface area contributed by atoms with Gasteiger partial charge < -0.3 is 31.5 Å². The SMILES string of the molecule is CC(C)NCc1ccc(-c2ccc(O)c3c2C[C@@]2(C)C[C@H]4CC(O)=C(C(N)=O)C(=O)[C@@]4(O)C(O)=C2C3=O)c2ccccc12. The minimum absolute atomic E-state index is 0.00928. The second-order valence-electron chi connectivity index (χ2n) is 12.5. The van der Waals surface area contributed by atoms with E-state index in [0.717, 1.165) is 27.5 Å². The van der Waals surface area contributed by atoms with Gasteiger partial charge >= 0.3 is 0 Å². The number of amides is 1. The summed E-state index contributed by atoms with van der Waals surface area (Å²) in [6.45, 7) is 6.61. The molecule has 9 nitrogen and oxygen atoms in total. The van der Waals surface area contributed by atoms with Crippen LogP contribution in [0.3, 0.4) is 0 Å². The summed E-state index contributed by atoms with van der Waals surface area (Å²) in [4.78, 5) is 39.4. The van der Waals surface area contributed by atoms with E-state index in [0.29, 0.717) is 18.2 Å². The average molecular weight is 583 g/mol. The van der Waals surface area contributed by atoms with Gasteiger partial charge in [0.25, 0.3) is 5.91 Å². The fourth-order valence-corrected chi connectivity index (χ4v) is 7.33. The Labute approximate surface area is 248 Å². The molecule has 0 aromatic heterocycles. The van der Waals surface area contributed by atoms with Crippen molar-refractivity contribution in [3.05, 3.63) is 87.9 Å². The zero-order chi connectivity index (χ0) is 31.0. The lowest BCUT2D eigenvalue weighted by molar-refractivity contribution is -0.145. The molecule has 0 heterocycles. The topological polar surface area (TPSA) is 170 Å². The molecular formula is C34H34N2O7. The quantitative estimate of drug-likeness (QED) is 0.242.